The van der Waals surface area contributed by atoms with Gasteiger partial charge in [0.1, 0.15) is 0 Å². The quantitative estimate of drug-likeness (QED) is 0.669. The van der Waals surface area contributed by atoms with Crippen LogP contribution in [0.15, 0.2) is 65.6 Å². The molecule has 2 heterocycles. The average Bonchev–Trinajstić information content (AvgIpc) is 2.84. The van der Waals surface area contributed by atoms with E-state index in [0.29, 0.717) is 56.8 Å². The molecular formula is C24H28N2O4S. The van der Waals surface area contributed by atoms with Gasteiger partial charge in [-0.05, 0) is 37.8 Å². The number of nitrogens with zero attached hydrogens (tertiary/aromatic N) is 2. The van der Waals surface area contributed by atoms with E-state index in [1.165, 1.54) is 4.31 Å². The van der Waals surface area contributed by atoms with Gasteiger partial charge in [0.25, 0.3) is 0 Å². The van der Waals surface area contributed by atoms with Gasteiger partial charge in [0.2, 0.25) is 15.9 Å². The van der Waals surface area contributed by atoms with E-state index in [1.807, 2.05) is 35.2 Å². The first-order valence-electron chi connectivity index (χ1n) is 10.9. The maximum atomic E-state index is 13.0. The second-order valence-corrected chi connectivity index (χ2v) is 10.3. The van der Waals surface area contributed by atoms with Crippen molar-refractivity contribution in [3.8, 4) is 0 Å². The van der Waals surface area contributed by atoms with Crippen LogP contribution in [0, 0.1) is 11.8 Å². The van der Waals surface area contributed by atoms with Crippen LogP contribution in [0.25, 0.3) is 0 Å². The van der Waals surface area contributed by atoms with E-state index in [-0.39, 0.29) is 23.5 Å². The fourth-order valence-electron chi connectivity index (χ4n) is 4.54. The Balaban J connectivity index is 1.29. The highest BCUT2D eigenvalue weighted by molar-refractivity contribution is 7.89. The molecule has 2 aromatic carbocycles. The molecule has 0 aromatic heterocycles. The first kappa shape index (κ1) is 21.7. The summed E-state index contributed by atoms with van der Waals surface area (Å²) in [6.07, 6.45) is 2.43. The van der Waals surface area contributed by atoms with Crippen LogP contribution in [-0.4, -0.2) is 55.5 Å². The van der Waals surface area contributed by atoms with Crippen molar-refractivity contribution in [1.29, 1.82) is 0 Å². The molecule has 1 amide bonds. The Bertz CT molecular complexity index is 1010. The molecule has 2 saturated heterocycles. The Labute approximate surface area is 183 Å². The SMILES string of the molecule is O=C(c1ccccc1)C1CCN(C(=O)C2CCN(S(=O)(=O)c3ccccc3)CC2)CC1. The number of carbonyl (C=O) groups excluding carboxylic acids is 2. The van der Waals surface area contributed by atoms with Crippen molar-refractivity contribution in [3.63, 3.8) is 0 Å². The van der Waals surface area contributed by atoms with Crippen LogP contribution < -0.4 is 0 Å². The molecule has 2 aliphatic rings. The molecule has 7 heteroatoms. The van der Waals surface area contributed by atoms with Crippen molar-refractivity contribution in [2.24, 2.45) is 11.8 Å². The third-order valence-corrected chi connectivity index (χ3v) is 8.33. The molecule has 6 nitrogen and oxygen atoms in total. The van der Waals surface area contributed by atoms with Gasteiger partial charge in [-0.1, -0.05) is 48.5 Å². The number of hydrogen-bond donors (Lipinski definition) is 0. The summed E-state index contributed by atoms with van der Waals surface area (Å²) in [7, 11) is -3.51. The van der Waals surface area contributed by atoms with Gasteiger partial charge in [-0.2, -0.15) is 4.31 Å². The minimum atomic E-state index is -3.51. The molecule has 0 spiro atoms. The number of likely N-dealkylation sites (tertiary alicyclic amines) is 1. The number of rotatable bonds is 5. The lowest BCUT2D eigenvalue weighted by Crippen LogP contribution is -2.47. The monoisotopic (exact) mass is 440 g/mol. The lowest BCUT2D eigenvalue weighted by atomic mass is 9.88. The summed E-state index contributed by atoms with van der Waals surface area (Å²) in [5, 5.41) is 0. The van der Waals surface area contributed by atoms with E-state index < -0.39 is 10.0 Å². The number of piperidine rings is 2. The van der Waals surface area contributed by atoms with Crippen LogP contribution in [-0.2, 0) is 14.8 Å². The van der Waals surface area contributed by atoms with Gasteiger partial charge in [0.05, 0.1) is 4.90 Å². The zero-order valence-electron chi connectivity index (χ0n) is 17.5. The van der Waals surface area contributed by atoms with Crippen molar-refractivity contribution >= 4 is 21.7 Å². The molecule has 0 atom stereocenters. The van der Waals surface area contributed by atoms with Gasteiger partial charge in [-0.25, -0.2) is 8.42 Å². The maximum absolute atomic E-state index is 13.0. The van der Waals surface area contributed by atoms with E-state index >= 15 is 0 Å². The predicted molar refractivity (Wildman–Crippen MR) is 118 cm³/mol. The van der Waals surface area contributed by atoms with Crippen molar-refractivity contribution in [3.05, 3.63) is 66.2 Å². The van der Waals surface area contributed by atoms with E-state index in [2.05, 4.69) is 0 Å². The largest absolute Gasteiger partial charge is 0.342 e. The van der Waals surface area contributed by atoms with Crippen LogP contribution in [0.1, 0.15) is 36.0 Å². The van der Waals surface area contributed by atoms with Crippen LogP contribution >= 0.6 is 0 Å². The van der Waals surface area contributed by atoms with Crippen molar-refractivity contribution in [2.75, 3.05) is 26.2 Å². The lowest BCUT2D eigenvalue weighted by molar-refractivity contribution is -0.138. The van der Waals surface area contributed by atoms with Gasteiger partial charge in [0.15, 0.2) is 5.78 Å². The fraction of sp³-hybridized carbons (Fsp3) is 0.417. The smallest absolute Gasteiger partial charge is 0.243 e. The summed E-state index contributed by atoms with van der Waals surface area (Å²) in [4.78, 5) is 27.8. The van der Waals surface area contributed by atoms with E-state index in [9.17, 15) is 18.0 Å². The van der Waals surface area contributed by atoms with Crippen LogP contribution in [0.4, 0.5) is 0 Å². The zero-order chi connectivity index (χ0) is 21.8. The number of benzene rings is 2. The van der Waals surface area contributed by atoms with E-state index in [0.717, 1.165) is 5.56 Å². The maximum Gasteiger partial charge on any atom is 0.243 e. The Morgan fingerprint density at radius 2 is 1.23 bits per heavy atom. The highest BCUT2D eigenvalue weighted by atomic mass is 32.2. The second-order valence-electron chi connectivity index (χ2n) is 8.32. The molecule has 0 aliphatic carbocycles. The highest BCUT2D eigenvalue weighted by Crippen LogP contribution is 2.28. The number of ketones is 1. The number of Topliss-reactive ketones (excluding diaryl/α,β-unsaturated/α-hetero) is 1. The molecule has 0 bridgehead atoms. The summed E-state index contributed by atoms with van der Waals surface area (Å²) >= 11 is 0. The predicted octanol–water partition coefficient (Wildman–Crippen LogP) is 3.21. The van der Waals surface area contributed by atoms with Crippen LogP contribution in [0.2, 0.25) is 0 Å². The molecule has 31 heavy (non-hydrogen) atoms. The Morgan fingerprint density at radius 3 is 1.81 bits per heavy atom. The Hall–Kier alpha value is -2.51. The summed E-state index contributed by atoms with van der Waals surface area (Å²) in [6.45, 7) is 1.89. The van der Waals surface area contributed by atoms with Crippen LogP contribution in [0.3, 0.4) is 0 Å². The third-order valence-electron chi connectivity index (χ3n) is 6.42. The fourth-order valence-corrected chi connectivity index (χ4v) is 6.03. The molecular weight excluding hydrogens is 412 g/mol. The van der Waals surface area contributed by atoms with Gasteiger partial charge < -0.3 is 4.90 Å². The first-order chi connectivity index (χ1) is 15.0. The minimum absolute atomic E-state index is 0.0377. The Kier molecular flexibility index (Phi) is 6.53. The van der Waals surface area contributed by atoms with Gasteiger partial charge in [0, 0.05) is 43.6 Å². The first-order valence-corrected chi connectivity index (χ1v) is 12.3. The summed E-state index contributed by atoms with van der Waals surface area (Å²) in [6, 6.07) is 17.8. The van der Waals surface area contributed by atoms with E-state index in [4.69, 9.17) is 0 Å². The molecule has 0 unspecified atom stereocenters. The van der Waals surface area contributed by atoms with Crippen LogP contribution in [0.5, 0.6) is 0 Å². The molecule has 2 aliphatic heterocycles. The summed E-state index contributed by atoms with van der Waals surface area (Å²) in [5.41, 5.74) is 0.735. The number of carbonyl (C=O) groups is 2. The zero-order valence-corrected chi connectivity index (χ0v) is 18.3. The molecule has 0 saturated carbocycles. The minimum Gasteiger partial charge on any atom is -0.342 e. The van der Waals surface area contributed by atoms with Gasteiger partial charge >= 0.3 is 0 Å². The standard InChI is InChI=1S/C24H28N2O4S/c27-23(19-7-3-1-4-8-19)20-11-15-25(16-12-20)24(28)21-13-17-26(18-14-21)31(29,30)22-9-5-2-6-10-22/h1-10,20-21H,11-18H2. The van der Waals surface area contributed by atoms with Crippen molar-refractivity contribution < 1.29 is 18.0 Å². The molecule has 164 valence electrons. The number of hydrogen-bond acceptors (Lipinski definition) is 4. The average molecular weight is 441 g/mol. The van der Waals surface area contributed by atoms with E-state index in [1.54, 1.807) is 30.3 Å². The highest BCUT2D eigenvalue weighted by Gasteiger charge is 2.35. The lowest BCUT2D eigenvalue weighted by Gasteiger charge is -2.36. The van der Waals surface area contributed by atoms with Crippen molar-refractivity contribution in [2.45, 2.75) is 30.6 Å². The molecule has 2 fully saturated rings. The Morgan fingerprint density at radius 1 is 0.710 bits per heavy atom. The second kappa shape index (κ2) is 9.32. The molecule has 0 N–H and O–H groups in total. The van der Waals surface area contributed by atoms with Gasteiger partial charge in [-0.3, -0.25) is 9.59 Å². The topological polar surface area (TPSA) is 74.8 Å². The summed E-state index contributed by atoms with van der Waals surface area (Å²) in [5.74, 6) is 0.0717. The number of sulfonamides is 1. The molecule has 4 rings (SSSR count). The third kappa shape index (κ3) is 4.72. The van der Waals surface area contributed by atoms with Crippen molar-refractivity contribution in [1.82, 2.24) is 9.21 Å². The molecule has 0 radical (unpaired) electrons. The molecule has 2 aromatic rings. The summed E-state index contributed by atoms with van der Waals surface area (Å²) < 4.78 is 27.0. The van der Waals surface area contributed by atoms with Gasteiger partial charge in [-0.15, -0.1) is 0 Å². The normalized spacial score (nSPS) is 19.3. The number of amides is 1.